The Morgan fingerprint density at radius 3 is 2.57 bits per heavy atom. The molecule has 1 aromatic rings. The van der Waals surface area contributed by atoms with E-state index >= 15 is 0 Å². The summed E-state index contributed by atoms with van der Waals surface area (Å²) >= 11 is 0. The minimum atomic E-state index is 0.0659. The maximum atomic E-state index is 6.15. The molecule has 14 heavy (non-hydrogen) atoms. The van der Waals surface area contributed by atoms with Crippen molar-refractivity contribution in [1.82, 2.24) is 0 Å². The predicted molar refractivity (Wildman–Crippen MR) is 59.4 cm³/mol. The standard InChI is InChI=1S/C12H19NO/c1-4-9(2)12(13)10-7-5-6-8-11(10)14-3/h5-9,12H,4,13H2,1-3H3. The molecule has 0 heterocycles. The van der Waals surface area contributed by atoms with Gasteiger partial charge in [-0.1, -0.05) is 38.5 Å². The van der Waals surface area contributed by atoms with E-state index in [0.29, 0.717) is 5.92 Å². The van der Waals surface area contributed by atoms with Crippen LogP contribution in [0.1, 0.15) is 31.9 Å². The Bertz CT molecular complexity index is 285. The number of ether oxygens (including phenoxy) is 1. The van der Waals surface area contributed by atoms with E-state index < -0.39 is 0 Å². The molecule has 0 spiro atoms. The van der Waals surface area contributed by atoms with Crippen LogP contribution in [-0.2, 0) is 0 Å². The number of hydrogen-bond acceptors (Lipinski definition) is 2. The highest BCUT2D eigenvalue weighted by atomic mass is 16.5. The smallest absolute Gasteiger partial charge is 0.123 e. The molecule has 0 aromatic heterocycles. The van der Waals surface area contributed by atoms with E-state index in [1.54, 1.807) is 7.11 Å². The highest BCUT2D eigenvalue weighted by Gasteiger charge is 2.16. The summed E-state index contributed by atoms with van der Waals surface area (Å²) in [4.78, 5) is 0. The number of hydrogen-bond donors (Lipinski definition) is 1. The monoisotopic (exact) mass is 193 g/mol. The Kier molecular flexibility index (Phi) is 3.96. The Balaban J connectivity index is 2.93. The molecule has 0 saturated carbocycles. The van der Waals surface area contributed by atoms with Gasteiger partial charge in [0.05, 0.1) is 7.11 Å². The van der Waals surface area contributed by atoms with Crippen LogP contribution in [0.2, 0.25) is 0 Å². The van der Waals surface area contributed by atoms with Gasteiger partial charge in [0, 0.05) is 11.6 Å². The Labute approximate surface area is 86.1 Å². The molecule has 0 bridgehead atoms. The van der Waals surface area contributed by atoms with Crippen LogP contribution in [0, 0.1) is 5.92 Å². The lowest BCUT2D eigenvalue weighted by Crippen LogP contribution is -2.19. The van der Waals surface area contributed by atoms with Crippen LogP contribution in [0.5, 0.6) is 5.75 Å². The molecule has 0 aliphatic heterocycles. The highest BCUT2D eigenvalue weighted by molar-refractivity contribution is 5.35. The molecule has 2 atom stereocenters. The first kappa shape index (κ1) is 11.1. The highest BCUT2D eigenvalue weighted by Crippen LogP contribution is 2.29. The molecule has 2 unspecified atom stereocenters. The van der Waals surface area contributed by atoms with Crippen molar-refractivity contribution in [3.05, 3.63) is 29.8 Å². The first-order valence-electron chi connectivity index (χ1n) is 5.09. The van der Waals surface area contributed by atoms with Crippen molar-refractivity contribution in [2.24, 2.45) is 11.7 Å². The van der Waals surface area contributed by atoms with Gasteiger partial charge in [-0.2, -0.15) is 0 Å². The second-order valence-corrected chi connectivity index (χ2v) is 3.65. The van der Waals surface area contributed by atoms with Crippen molar-refractivity contribution in [3.63, 3.8) is 0 Å². The summed E-state index contributed by atoms with van der Waals surface area (Å²) in [7, 11) is 1.68. The molecule has 0 fully saturated rings. The second kappa shape index (κ2) is 5.01. The summed E-state index contributed by atoms with van der Waals surface area (Å²) in [6.45, 7) is 4.32. The lowest BCUT2D eigenvalue weighted by Gasteiger charge is -2.20. The largest absolute Gasteiger partial charge is 0.496 e. The minimum Gasteiger partial charge on any atom is -0.496 e. The van der Waals surface area contributed by atoms with Crippen LogP contribution in [0.4, 0.5) is 0 Å². The van der Waals surface area contributed by atoms with Gasteiger partial charge < -0.3 is 10.5 Å². The van der Waals surface area contributed by atoms with E-state index in [-0.39, 0.29) is 6.04 Å². The van der Waals surface area contributed by atoms with Crippen molar-refractivity contribution in [2.75, 3.05) is 7.11 Å². The second-order valence-electron chi connectivity index (χ2n) is 3.65. The molecule has 1 aromatic carbocycles. The number of methoxy groups -OCH3 is 1. The van der Waals surface area contributed by atoms with Gasteiger partial charge >= 0.3 is 0 Å². The van der Waals surface area contributed by atoms with E-state index in [4.69, 9.17) is 10.5 Å². The van der Waals surface area contributed by atoms with Gasteiger partial charge in [0.2, 0.25) is 0 Å². The van der Waals surface area contributed by atoms with Gasteiger partial charge in [-0.25, -0.2) is 0 Å². The zero-order chi connectivity index (χ0) is 10.6. The normalized spacial score (nSPS) is 14.9. The molecule has 0 amide bonds. The minimum absolute atomic E-state index is 0.0659. The Hall–Kier alpha value is -1.02. The van der Waals surface area contributed by atoms with Crippen LogP contribution >= 0.6 is 0 Å². The summed E-state index contributed by atoms with van der Waals surface area (Å²) in [6, 6.07) is 8.02. The molecule has 0 aliphatic rings. The topological polar surface area (TPSA) is 35.2 Å². The molecule has 0 radical (unpaired) electrons. The maximum absolute atomic E-state index is 6.15. The lowest BCUT2D eigenvalue weighted by molar-refractivity contribution is 0.388. The summed E-state index contributed by atoms with van der Waals surface area (Å²) in [5, 5.41) is 0. The first-order valence-corrected chi connectivity index (χ1v) is 5.09. The molecule has 1 rings (SSSR count). The molecular weight excluding hydrogens is 174 g/mol. The zero-order valence-corrected chi connectivity index (χ0v) is 9.16. The van der Waals surface area contributed by atoms with E-state index in [2.05, 4.69) is 13.8 Å². The van der Waals surface area contributed by atoms with Crippen LogP contribution in [0.15, 0.2) is 24.3 Å². The summed E-state index contributed by atoms with van der Waals surface area (Å²) < 4.78 is 5.28. The predicted octanol–water partition coefficient (Wildman–Crippen LogP) is 2.74. The van der Waals surface area contributed by atoms with Gasteiger partial charge in [-0.15, -0.1) is 0 Å². The molecule has 2 heteroatoms. The van der Waals surface area contributed by atoms with Crippen molar-refractivity contribution >= 4 is 0 Å². The number of rotatable bonds is 4. The van der Waals surface area contributed by atoms with E-state index in [0.717, 1.165) is 17.7 Å². The third-order valence-corrected chi connectivity index (χ3v) is 2.76. The van der Waals surface area contributed by atoms with Gasteiger partial charge in [0.25, 0.3) is 0 Å². The number of para-hydroxylation sites is 1. The fourth-order valence-corrected chi connectivity index (χ4v) is 1.50. The third kappa shape index (κ3) is 2.26. The molecule has 0 aliphatic carbocycles. The van der Waals surface area contributed by atoms with E-state index in [1.165, 1.54) is 0 Å². The number of nitrogens with two attached hydrogens (primary N) is 1. The van der Waals surface area contributed by atoms with Gasteiger partial charge in [-0.05, 0) is 12.0 Å². The summed E-state index contributed by atoms with van der Waals surface area (Å²) in [5.74, 6) is 1.37. The third-order valence-electron chi connectivity index (χ3n) is 2.76. The van der Waals surface area contributed by atoms with Crippen molar-refractivity contribution in [1.29, 1.82) is 0 Å². The van der Waals surface area contributed by atoms with Crippen LogP contribution in [0.3, 0.4) is 0 Å². The van der Waals surface area contributed by atoms with Gasteiger partial charge in [0.1, 0.15) is 5.75 Å². The Morgan fingerprint density at radius 2 is 2.00 bits per heavy atom. The maximum Gasteiger partial charge on any atom is 0.123 e. The fraction of sp³-hybridized carbons (Fsp3) is 0.500. The summed E-state index contributed by atoms with van der Waals surface area (Å²) in [5.41, 5.74) is 7.25. The van der Waals surface area contributed by atoms with E-state index in [1.807, 2.05) is 24.3 Å². The number of benzene rings is 1. The van der Waals surface area contributed by atoms with Crippen LogP contribution < -0.4 is 10.5 Å². The lowest BCUT2D eigenvalue weighted by atomic mass is 9.93. The van der Waals surface area contributed by atoms with Gasteiger partial charge in [0.15, 0.2) is 0 Å². The van der Waals surface area contributed by atoms with Crippen molar-refractivity contribution in [3.8, 4) is 5.75 Å². The van der Waals surface area contributed by atoms with Gasteiger partial charge in [-0.3, -0.25) is 0 Å². The molecule has 0 saturated heterocycles. The SMILES string of the molecule is CCC(C)C(N)c1ccccc1OC. The van der Waals surface area contributed by atoms with Crippen molar-refractivity contribution < 1.29 is 4.74 Å². The quantitative estimate of drug-likeness (QED) is 0.798. The molecular formula is C12H19NO. The first-order chi connectivity index (χ1) is 6.70. The Morgan fingerprint density at radius 1 is 1.36 bits per heavy atom. The average molecular weight is 193 g/mol. The van der Waals surface area contributed by atoms with E-state index in [9.17, 15) is 0 Å². The fourth-order valence-electron chi connectivity index (χ4n) is 1.50. The van der Waals surface area contributed by atoms with Crippen molar-refractivity contribution in [2.45, 2.75) is 26.3 Å². The molecule has 78 valence electrons. The summed E-state index contributed by atoms with van der Waals surface area (Å²) in [6.07, 6.45) is 1.08. The molecule has 2 N–H and O–H groups in total. The van der Waals surface area contributed by atoms with Crippen LogP contribution in [0.25, 0.3) is 0 Å². The van der Waals surface area contributed by atoms with Crippen LogP contribution in [-0.4, -0.2) is 7.11 Å². The molecule has 2 nitrogen and oxygen atoms in total. The average Bonchev–Trinajstić information content (AvgIpc) is 2.26. The zero-order valence-electron chi connectivity index (χ0n) is 9.16.